The van der Waals surface area contributed by atoms with E-state index in [2.05, 4.69) is 108 Å². The van der Waals surface area contributed by atoms with Crippen LogP contribution in [0.2, 0.25) is 23.2 Å². The van der Waals surface area contributed by atoms with Crippen LogP contribution in [0.25, 0.3) is 0 Å². The molecule has 0 aliphatic rings. The topological polar surface area (TPSA) is 56.8 Å². The Morgan fingerprint density at radius 3 is 1.62 bits per heavy atom. The van der Waals surface area contributed by atoms with Crippen LogP contribution < -0.4 is 15.7 Å². The number of hydrogen-bond acceptors (Lipinski definition) is 4. The van der Waals surface area contributed by atoms with Crippen molar-refractivity contribution < 1.29 is 18.4 Å². The van der Waals surface area contributed by atoms with Gasteiger partial charge in [-0.2, -0.15) is 0 Å². The Labute approximate surface area is 208 Å². The minimum Gasteiger partial charge on any atom is -0.453 e. The van der Waals surface area contributed by atoms with Crippen molar-refractivity contribution in [3.05, 3.63) is 60.7 Å². The Kier molecular flexibility index (Phi) is 9.32. The fraction of sp³-hybridized carbons (Fsp3) is 0.519. The van der Waals surface area contributed by atoms with E-state index < -0.39 is 22.7 Å². The number of carbonyl (C=O) groups is 1. The molecule has 0 fully saturated rings. The van der Waals surface area contributed by atoms with E-state index in [-0.39, 0.29) is 16.1 Å². The van der Waals surface area contributed by atoms with Crippen molar-refractivity contribution in [3.8, 4) is 0 Å². The molecule has 0 spiro atoms. The van der Waals surface area contributed by atoms with Gasteiger partial charge in [-0.25, -0.2) is 4.79 Å². The molecule has 0 aliphatic carbocycles. The SMILES string of the molecule is COC(=O)N[C@@H](CO[Si](C)(C)C(C)(C)C)CO[Si](c1ccccc1)(c1ccccc1)C(C)(C)C. The monoisotopic (exact) mass is 501 g/mol. The van der Waals surface area contributed by atoms with Crippen molar-refractivity contribution in [1.29, 1.82) is 0 Å². The van der Waals surface area contributed by atoms with Crippen molar-refractivity contribution in [2.45, 2.75) is 70.8 Å². The van der Waals surface area contributed by atoms with E-state index in [1.54, 1.807) is 0 Å². The molecule has 188 valence electrons. The van der Waals surface area contributed by atoms with Crippen LogP contribution in [0.15, 0.2) is 60.7 Å². The largest absolute Gasteiger partial charge is 0.453 e. The molecular weight excluding hydrogens is 458 g/mol. The summed E-state index contributed by atoms with van der Waals surface area (Å²) >= 11 is 0. The van der Waals surface area contributed by atoms with Crippen molar-refractivity contribution in [2.75, 3.05) is 20.3 Å². The molecule has 0 aromatic heterocycles. The van der Waals surface area contributed by atoms with Crippen LogP contribution in [-0.4, -0.2) is 49.1 Å². The Morgan fingerprint density at radius 1 is 0.794 bits per heavy atom. The molecule has 0 radical (unpaired) electrons. The first-order valence-electron chi connectivity index (χ1n) is 12.0. The lowest BCUT2D eigenvalue weighted by atomic mass is 10.2. The molecule has 5 nitrogen and oxygen atoms in total. The normalized spacial score (nSPS) is 13.9. The number of carbonyl (C=O) groups excluding carboxylic acids is 1. The maximum atomic E-state index is 12.2. The summed E-state index contributed by atoms with van der Waals surface area (Å²) < 4.78 is 18.4. The Bertz CT molecular complexity index is 866. The molecule has 0 saturated heterocycles. The van der Waals surface area contributed by atoms with Gasteiger partial charge in [-0.05, 0) is 33.5 Å². The molecule has 2 aromatic rings. The van der Waals surface area contributed by atoms with Gasteiger partial charge in [0.1, 0.15) is 0 Å². The molecule has 1 amide bonds. The number of hydrogen-bond donors (Lipinski definition) is 1. The average molecular weight is 502 g/mol. The third-order valence-electron chi connectivity index (χ3n) is 6.88. The quantitative estimate of drug-likeness (QED) is 0.473. The van der Waals surface area contributed by atoms with Gasteiger partial charge in [0, 0.05) is 0 Å². The molecule has 34 heavy (non-hydrogen) atoms. The number of benzene rings is 2. The van der Waals surface area contributed by atoms with Crippen LogP contribution in [0.1, 0.15) is 41.5 Å². The first-order valence-corrected chi connectivity index (χ1v) is 16.8. The van der Waals surface area contributed by atoms with E-state index >= 15 is 0 Å². The van der Waals surface area contributed by atoms with Crippen LogP contribution >= 0.6 is 0 Å². The summed E-state index contributed by atoms with van der Waals surface area (Å²) in [7, 11) is -3.35. The van der Waals surface area contributed by atoms with Gasteiger partial charge in [-0.3, -0.25) is 0 Å². The number of nitrogens with one attached hydrogen (secondary N) is 1. The highest BCUT2D eigenvalue weighted by Gasteiger charge is 2.50. The van der Waals surface area contributed by atoms with Crippen LogP contribution in [0, 0.1) is 0 Å². The lowest BCUT2D eigenvalue weighted by molar-refractivity contribution is 0.141. The van der Waals surface area contributed by atoms with E-state index in [4.69, 9.17) is 13.6 Å². The maximum absolute atomic E-state index is 12.2. The Balaban J connectivity index is 2.44. The highest BCUT2D eigenvalue weighted by Crippen LogP contribution is 2.38. The summed E-state index contributed by atoms with van der Waals surface area (Å²) in [6, 6.07) is 20.7. The lowest BCUT2D eigenvalue weighted by Gasteiger charge is -2.44. The second-order valence-corrected chi connectivity index (χ2v) is 20.5. The van der Waals surface area contributed by atoms with Crippen molar-refractivity contribution in [2.24, 2.45) is 0 Å². The molecule has 0 heterocycles. The predicted octanol–water partition coefficient (Wildman–Crippen LogP) is 5.31. The highest BCUT2D eigenvalue weighted by molar-refractivity contribution is 6.99. The summed E-state index contributed by atoms with van der Waals surface area (Å²) in [6.45, 7) is 18.5. The minimum atomic E-state index is -2.72. The zero-order valence-electron chi connectivity index (χ0n) is 22.4. The van der Waals surface area contributed by atoms with Crippen LogP contribution in [0.3, 0.4) is 0 Å². The summed E-state index contributed by atoms with van der Waals surface area (Å²) in [4.78, 5) is 12.2. The zero-order valence-corrected chi connectivity index (χ0v) is 24.4. The summed E-state index contributed by atoms with van der Waals surface area (Å²) in [5.74, 6) is 0. The standard InChI is InChI=1S/C27H43NO4Si2/c1-26(2,3)33(8,9)31-20-22(28-25(29)30-7)21-32-34(27(4,5)6,23-16-12-10-13-17-23)24-18-14-11-15-19-24/h10-19,22H,20-21H2,1-9H3,(H,28,29)/t22-/m0/s1. The zero-order chi connectivity index (χ0) is 25.6. The van der Waals surface area contributed by atoms with Gasteiger partial charge >= 0.3 is 6.09 Å². The van der Waals surface area contributed by atoms with Crippen LogP contribution in [0.5, 0.6) is 0 Å². The van der Waals surface area contributed by atoms with Crippen molar-refractivity contribution in [3.63, 3.8) is 0 Å². The second-order valence-electron chi connectivity index (χ2n) is 11.4. The van der Waals surface area contributed by atoms with Gasteiger partial charge in [0.15, 0.2) is 8.32 Å². The Morgan fingerprint density at radius 2 is 1.24 bits per heavy atom. The molecule has 7 heteroatoms. The van der Waals surface area contributed by atoms with Gasteiger partial charge < -0.3 is 18.9 Å². The highest BCUT2D eigenvalue weighted by atomic mass is 28.4. The Hall–Kier alpha value is -1.94. The van der Waals surface area contributed by atoms with E-state index in [1.807, 2.05) is 12.1 Å². The summed E-state index contributed by atoms with van der Waals surface area (Å²) in [6.07, 6.45) is -0.477. The summed E-state index contributed by atoms with van der Waals surface area (Å²) in [5, 5.41) is 5.28. The molecule has 0 bridgehead atoms. The molecule has 0 saturated carbocycles. The predicted molar refractivity (Wildman–Crippen MR) is 146 cm³/mol. The number of rotatable bonds is 9. The summed E-state index contributed by atoms with van der Waals surface area (Å²) in [5.41, 5.74) is 0. The maximum Gasteiger partial charge on any atom is 0.407 e. The molecule has 0 aliphatic heterocycles. The smallest absolute Gasteiger partial charge is 0.407 e. The van der Waals surface area contributed by atoms with Crippen LogP contribution in [0.4, 0.5) is 4.79 Å². The third kappa shape index (κ3) is 6.59. The number of methoxy groups -OCH3 is 1. The fourth-order valence-corrected chi connectivity index (χ4v) is 9.53. The van der Waals surface area contributed by atoms with Crippen LogP contribution in [-0.2, 0) is 13.6 Å². The first kappa shape index (κ1) is 28.3. The van der Waals surface area contributed by atoms with Gasteiger partial charge in [0.2, 0.25) is 0 Å². The molecule has 1 atom stereocenters. The number of amides is 1. The lowest BCUT2D eigenvalue weighted by Crippen LogP contribution is -2.67. The molecule has 0 unspecified atom stereocenters. The van der Waals surface area contributed by atoms with E-state index in [0.29, 0.717) is 13.2 Å². The second kappa shape index (κ2) is 11.2. The van der Waals surface area contributed by atoms with Gasteiger partial charge in [-0.1, -0.05) is 102 Å². The van der Waals surface area contributed by atoms with Crippen molar-refractivity contribution in [1.82, 2.24) is 5.32 Å². The minimum absolute atomic E-state index is 0.0711. The number of ether oxygens (including phenoxy) is 1. The van der Waals surface area contributed by atoms with Gasteiger partial charge in [0.25, 0.3) is 8.32 Å². The van der Waals surface area contributed by atoms with E-state index in [1.165, 1.54) is 17.5 Å². The third-order valence-corrected chi connectivity index (χ3v) is 16.4. The average Bonchev–Trinajstić information content (AvgIpc) is 2.77. The first-order chi connectivity index (χ1) is 15.7. The van der Waals surface area contributed by atoms with E-state index in [0.717, 1.165) is 0 Å². The number of alkyl carbamates (subject to hydrolysis) is 1. The molecule has 2 rings (SSSR count). The fourth-order valence-electron chi connectivity index (χ4n) is 3.87. The molecular formula is C27H43NO4Si2. The molecule has 1 N–H and O–H groups in total. The van der Waals surface area contributed by atoms with Crippen molar-refractivity contribution >= 4 is 33.1 Å². The van der Waals surface area contributed by atoms with E-state index in [9.17, 15) is 4.79 Å². The molecule has 2 aromatic carbocycles. The van der Waals surface area contributed by atoms with Gasteiger partial charge in [0.05, 0.1) is 26.4 Å². The van der Waals surface area contributed by atoms with Gasteiger partial charge in [-0.15, -0.1) is 0 Å².